The van der Waals surface area contributed by atoms with Gasteiger partial charge in [-0.2, -0.15) is 0 Å². The quantitative estimate of drug-likeness (QED) is 0.0261. The Morgan fingerprint density at radius 2 is 0.534 bits per heavy atom. The van der Waals surface area contributed by atoms with Crippen molar-refractivity contribution in [3.05, 3.63) is 36.5 Å². The summed E-state index contributed by atoms with van der Waals surface area (Å²) >= 11 is 0. The molecule has 0 amide bonds. The summed E-state index contributed by atoms with van der Waals surface area (Å²) in [6, 6.07) is 0. The second-order valence-corrected chi connectivity index (χ2v) is 22.0. The lowest BCUT2D eigenvalue weighted by atomic mass is 10.0. The normalized spacial score (nSPS) is 12.2. The number of rotatable bonds is 60. The summed E-state index contributed by atoms with van der Waals surface area (Å²) in [5.74, 6) is -0.884. The first-order valence-corrected chi connectivity index (χ1v) is 32.5. The number of carbonyl (C=O) groups excluding carboxylic acids is 3. The highest BCUT2D eigenvalue weighted by atomic mass is 16.6. The van der Waals surface area contributed by atoms with Crippen molar-refractivity contribution in [2.24, 2.45) is 0 Å². The van der Waals surface area contributed by atoms with Gasteiger partial charge in [-0.15, -0.1) is 0 Å². The molecular weight excluding hydrogens is 901 g/mol. The molecule has 0 aliphatic rings. The lowest BCUT2D eigenvalue weighted by Gasteiger charge is -2.18. The van der Waals surface area contributed by atoms with Crippen molar-refractivity contribution in [2.75, 3.05) is 13.2 Å². The first-order chi connectivity index (χ1) is 36.0. The molecule has 0 N–H and O–H groups in total. The summed E-state index contributed by atoms with van der Waals surface area (Å²) in [5.41, 5.74) is 0. The second-order valence-electron chi connectivity index (χ2n) is 22.0. The molecule has 0 saturated heterocycles. The number of hydrogen-bond acceptors (Lipinski definition) is 6. The minimum Gasteiger partial charge on any atom is -0.462 e. The fraction of sp³-hybridized carbons (Fsp3) is 0.866. The van der Waals surface area contributed by atoms with E-state index in [-0.39, 0.29) is 31.1 Å². The van der Waals surface area contributed by atoms with Gasteiger partial charge in [-0.1, -0.05) is 308 Å². The molecule has 0 aromatic rings. The Bertz CT molecular complexity index is 1220. The van der Waals surface area contributed by atoms with E-state index in [9.17, 15) is 14.4 Å². The van der Waals surface area contributed by atoms with Gasteiger partial charge in [-0.05, 0) is 64.2 Å². The van der Waals surface area contributed by atoms with Crippen molar-refractivity contribution in [3.8, 4) is 0 Å². The van der Waals surface area contributed by atoms with Crippen LogP contribution in [0.2, 0.25) is 0 Å². The van der Waals surface area contributed by atoms with Crippen molar-refractivity contribution in [2.45, 2.75) is 361 Å². The fourth-order valence-electron chi connectivity index (χ4n) is 9.70. The molecule has 6 heteroatoms. The third-order valence-corrected chi connectivity index (χ3v) is 14.6. The summed E-state index contributed by atoms with van der Waals surface area (Å²) in [6.45, 7) is 6.57. The Morgan fingerprint density at radius 1 is 0.274 bits per heavy atom. The van der Waals surface area contributed by atoms with Crippen molar-refractivity contribution >= 4 is 17.9 Å². The third-order valence-electron chi connectivity index (χ3n) is 14.6. The van der Waals surface area contributed by atoms with Crippen LogP contribution in [0.15, 0.2) is 36.5 Å². The van der Waals surface area contributed by atoms with Gasteiger partial charge < -0.3 is 14.2 Å². The molecule has 0 saturated carbocycles. The summed E-state index contributed by atoms with van der Waals surface area (Å²) < 4.78 is 16.9. The van der Waals surface area contributed by atoms with E-state index in [1.165, 1.54) is 218 Å². The molecule has 6 nitrogen and oxygen atoms in total. The molecule has 0 aliphatic heterocycles. The van der Waals surface area contributed by atoms with Crippen molar-refractivity contribution in [1.82, 2.24) is 0 Å². The first-order valence-electron chi connectivity index (χ1n) is 32.5. The first kappa shape index (κ1) is 70.6. The molecule has 428 valence electrons. The van der Waals surface area contributed by atoms with Crippen molar-refractivity contribution in [3.63, 3.8) is 0 Å². The number of hydrogen-bond donors (Lipinski definition) is 0. The monoisotopic (exact) mass is 1020 g/mol. The van der Waals surface area contributed by atoms with Crippen LogP contribution in [0.3, 0.4) is 0 Å². The molecule has 1 unspecified atom stereocenters. The Hall–Kier alpha value is -2.37. The van der Waals surface area contributed by atoms with Gasteiger partial charge in [-0.25, -0.2) is 0 Å². The van der Waals surface area contributed by atoms with Crippen LogP contribution in [0.5, 0.6) is 0 Å². The molecule has 0 bridgehead atoms. The Labute approximate surface area is 455 Å². The molecule has 0 aromatic heterocycles. The third kappa shape index (κ3) is 60.4. The standard InChI is InChI=1S/C67H124O6/c1-4-7-10-13-16-19-22-24-25-26-27-28-29-30-31-32-33-34-35-36-37-38-39-40-41-43-45-48-51-54-57-60-66(69)72-63-64(62-71-65(68)59-56-53-50-47-44-21-18-15-12-9-6-3)73-67(70)61-58-55-52-49-46-42-23-20-17-14-11-8-5-2/h11,14-15,18,20,23,64H,4-10,12-13,16-17,19,21-22,24-63H2,1-3H3/b14-11-,18-15-,23-20-. The maximum atomic E-state index is 12.8. The highest BCUT2D eigenvalue weighted by molar-refractivity contribution is 5.71. The van der Waals surface area contributed by atoms with Gasteiger partial charge in [0.1, 0.15) is 13.2 Å². The van der Waals surface area contributed by atoms with Gasteiger partial charge in [0.15, 0.2) is 6.10 Å². The molecule has 1 atom stereocenters. The van der Waals surface area contributed by atoms with Crippen LogP contribution in [0, 0.1) is 0 Å². The average molecular weight is 1030 g/mol. The zero-order valence-electron chi connectivity index (χ0n) is 49.2. The van der Waals surface area contributed by atoms with Crippen LogP contribution < -0.4 is 0 Å². The SMILES string of the molecule is CCC/C=C\C/C=C\CCCCCCCC(=O)OC(COC(=O)CCCCCCC/C=C\CCCC)COC(=O)CCCCCCCCCCCCCCCCCCCCCCCCCCCCCCCCC. The molecule has 0 aromatic carbocycles. The van der Waals surface area contributed by atoms with Crippen LogP contribution in [0.1, 0.15) is 355 Å². The van der Waals surface area contributed by atoms with E-state index in [0.717, 1.165) is 96.3 Å². The second kappa shape index (κ2) is 62.2. The minimum atomic E-state index is -0.780. The van der Waals surface area contributed by atoms with Gasteiger partial charge in [0.2, 0.25) is 0 Å². The van der Waals surface area contributed by atoms with Gasteiger partial charge >= 0.3 is 17.9 Å². The number of allylic oxidation sites excluding steroid dienone is 6. The van der Waals surface area contributed by atoms with Gasteiger partial charge in [0, 0.05) is 19.3 Å². The topological polar surface area (TPSA) is 78.9 Å². The van der Waals surface area contributed by atoms with E-state index in [1.807, 2.05) is 0 Å². The minimum absolute atomic E-state index is 0.0771. The lowest BCUT2D eigenvalue weighted by Crippen LogP contribution is -2.30. The largest absolute Gasteiger partial charge is 0.462 e. The highest BCUT2D eigenvalue weighted by Crippen LogP contribution is 2.18. The van der Waals surface area contributed by atoms with Gasteiger partial charge in [-0.3, -0.25) is 14.4 Å². The summed E-state index contributed by atoms with van der Waals surface area (Å²) in [4.78, 5) is 38.1. The number of esters is 3. The van der Waals surface area contributed by atoms with Crippen LogP contribution in [-0.2, 0) is 28.6 Å². The van der Waals surface area contributed by atoms with Crippen LogP contribution in [0.4, 0.5) is 0 Å². The molecular formula is C67H124O6. The van der Waals surface area contributed by atoms with Crippen LogP contribution in [0.25, 0.3) is 0 Å². The molecule has 0 radical (unpaired) electrons. The highest BCUT2D eigenvalue weighted by Gasteiger charge is 2.19. The smallest absolute Gasteiger partial charge is 0.306 e. The lowest BCUT2D eigenvalue weighted by molar-refractivity contribution is -0.167. The molecule has 0 rings (SSSR count). The van der Waals surface area contributed by atoms with E-state index in [2.05, 4.69) is 57.2 Å². The average Bonchev–Trinajstić information content (AvgIpc) is 3.39. The van der Waals surface area contributed by atoms with E-state index < -0.39 is 6.10 Å². The van der Waals surface area contributed by atoms with E-state index in [0.29, 0.717) is 19.3 Å². The Balaban J connectivity index is 4.04. The molecule has 73 heavy (non-hydrogen) atoms. The number of carbonyl (C=O) groups is 3. The van der Waals surface area contributed by atoms with Crippen LogP contribution in [-0.4, -0.2) is 37.2 Å². The van der Waals surface area contributed by atoms with Gasteiger partial charge in [0.25, 0.3) is 0 Å². The Kier molecular flexibility index (Phi) is 60.2. The number of ether oxygens (including phenoxy) is 3. The van der Waals surface area contributed by atoms with Crippen LogP contribution >= 0.6 is 0 Å². The zero-order chi connectivity index (χ0) is 52.9. The van der Waals surface area contributed by atoms with Gasteiger partial charge in [0.05, 0.1) is 0 Å². The van der Waals surface area contributed by atoms with E-state index in [4.69, 9.17) is 14.2 Å². The maximum Gasteiger partial charge on any atom is 0.306 e. The molecule has 0 aliphatic carbocycles. The predicted molar refractivity (Wildman–Crippen MR) is 316 cm³/mol. The number of unbranched alkanes of at least 4 members (excludes halogenated alkanes) is 43. The maximum absolute atomic E-state index is 12.8. The summed E-state index contributed by atoms with van der Waals surface area (Å²) in [5, 5.41) is 0. The van der Waals surface area contributed by atoms with E-state index >= 15 is 0 Å². The molecule has 0 spiro atoms. The predicted octanol–water partition coefficient (Wildman–Crippen LogP) is 22.0. The van der Waals surface area contributed by atoms with Crippen molar-refractivity contribution in [1.29, 1.82) is 0 Å². The molecule has 0 heterocycles. The van der Waals surface area contributed by atoms with Crippen molar-refractivity contribution < 1.29 is 28.6 Å². The fourth-order valence-corrected chi connectivity index (χ4v) is 9.70. The summed E-state index contributed by atoms with van der Waals surface area (Å²) in [7, 11) is 0. The Morgan fingerprint density at radius 3 is 0.863 bits per heavy atom. The summed E-state index contributed by atoms with van der Waals surface area (Å²) in [6.07, 6.45) is 76.2. The van der Waals surface area contributed by atoms with E-state index in [1.54, 1.807) is 0 Å². The molecule has 0 fully saturated rings. The zero-order valence-corrected chi connectivity index (χ0v) is 49.2.